The Morgan fingerprint density at radius 3 is 2.48 bits per heavy atom. The molecule has 132 valence electrons. The number of benzene rings is 2. The SMILES string of the molecule is CC1CCC(N2c3ccccc3Oc3ccc(C(F)(F)F)cc32)=N1.Cl. The number of halogens is 4. The molecule has 0 spiro atoms. The summed E-state index contributed by atoms with van der Waals surface area (Å²) in [6, 6.07) is 11.1. The number of fused-ring (bicyclic) bond motifs is 2. The summed E-state index contributed by atoms with van der Waals surface area (Å²) < 4.78 is 45.2. The van der Waals surface area contributed by atoms with Crippen LogP contribution in [0, 0.1) is 0 Å². The predicted molar refractivity (Wildman–Crippen MR) is 93.5 cm³/mol. The van der Waals surface area contributed by atoms with Crippen LogP contribution in [0.2, 0.25) is 0 Å². The van der Waals surface area contributed by atoms with Gasteiger partial charge in [0, 0.05) is 12.5 Å². The molecule has 2 aliphatic rings. The average molecular weight is 369 g/mol. The second-order valence-electron chi connectivity index (χ2n) is 6.02. The number of nitrogens with zero attached hydrogens (tertiary/aromatic N) is 2. The minimum atomic E-state index is -4.40. The molecule has 1 unspecified atom stereocenters. The molecule has 2 aromatic rings. The predicted octanol–water partition coefficient (Wildman–Crippen LogP) is 5.95. The van der Waals surface area contributed by atoms with Crippen LogP contribution in [0.5, 0.6) is 11.5 Å². The maximum Gasteiger partial charge on any atom is 0.416 e. The molecule has 0 amide bonds. The average Bonchev–Trinajstić information content (AvgIpc) is 2.97. The van der Waals surface area contributed by atoms with Gasteiger partial charge in [0.05, 0.1) is 16.9 Å². The van der Waals surface area contributed by atoms with E-state index >= 15 is 0 Å². The van der Waals surface area contributed by atoms with E-state index in [4.69, 9.17) is 4.74 Å². The quantitative estimate of drug-likeness (QED) is 0.573. The van der Waals surface area contributed by atoms with Crippen molar-refractivity contribution < 1.29 is 17.9 Å². The Kier molecular flexibility index (Phi) is 4.41. The molecular formula is C18H16ClF3N2O. The fourth-order valence-electron chi connectivity index (χ4n) is 3.10. The number of hydrogen-bond donors (Lipinski definition) is 0. The van der Waals surface area contributed by atoms with Crippen LogP contribution in [0.25, 0.3) is 0 Å². The van der Waals surface area contributed by atoms with E-state index < -0.39 is 11.7 Å². The lowest BCUT2D eigenvalue weighted by molar-refractivity contribution is -0.137. The number of anilines is 2. The Balaban J connectivity index is 0.00000182. The molecule has 0 radical (unpaired) electrons. The molecule has 1 atom stereocenters. The van der Waals surface area contributed by atoms with Gasteiger partial charge in [-0.3, -0.25) is 9.89 Å². The summed E-state index contributed by atoms with van der Waals surface area (Å²) in [4.78, 5) is 6.41. The van der Waals surface area contributed by atoms with E-state index in [9.17, 15) is 13.2 Å². The third kappa shape index (κ3) is 3.06. The van der Waals surface area contributed by atoms with Crippen molar-refractivity contribution in [2.45, 2.75) is 32.0 Å². The van der Waals surface area contributed by atoms with Crippen LogP contribution in [-0.2, 0) is 6.18 Å². The van der Waals surface area contributed by atoms with Gasteiger partial charge in [0.15, 0.2) is 11.5 Å². The number of ether oxygens (including phenoxy) is 1. The molecule has 0 saturated heterocycles. The minimum Gasteiger partial charge on any atom is -0.453 e. The van der Waals surface area contributed by atoms with E-state index in [-0.39, 0.29) is 18.4 Å². The molecule has 0 aliphatic carbocycles. The van der Waals surface area contributed by atoms with E-state index in [1.165, 1.54) is 6.07 Å². The molecule has 7 heteroatoms. The summed E-state index contributed by atoms with van der Waals surface area (Å²) in [6.07, 6.45) is -2.78. The van der Waals surface area contributed by atoms with Crippen molar-refractivity contribution in [1.82, 2.24) is 0 Å². The highest BCUT2D eigenvalue weighted by Gasteiger charge is 2.35. The maximum absolute atomic E-state index is 13.1. The van der Waals surface area contributed by atoms with Gasteiger partial charge < -0.3 is 4.74 Å². The second-order valence-corrected chi connectivity index (χ2v) is 6.02. The first-order valence-corrected chi connectivity index (χ1v) is 7.78. The lowest BCUT2D eigenvalue weighted by Crippen LogP contribution is -2.27. The molecule has 0 N–H and O–H groups in total. The molecule has 2 heterocycles. The Bertz CT molecular complexity index is 835. The summed E-state index contributed by atoms with van der Waals surface area (Å²) in [5.41, 5.74) is 0.412. The standard InChI is InChI=1S/C18H15F3N2O.ClH/c1-11-6-9-17(22-11)23-13-4-2-3-5-15(13)24-16-8-7-12(10-14(16)23)18(19,20)21;/h2-5,7-8,10-11H,6,9H2,1H3;1H. The normalized spacial score (nSPS) is 18.6. The first-order chi connectivity index (χ1) is 11.4. The molecule has 3 nitrogen and oxygen atoms in total. The van der Waals surface area contributed by atoms with Gasteiger partial charge in [-0.25, -0.2) is 0 Å². The van der Waals surface area contributed by atoms with Crippen molar-refractivity contribution in [2.75, 3.05) is 4.90 Å². The topological polar surface area (TPSA) is 24.8 Å². The fraction of sp³-hybridized carbons (Fsp3) is 0.278. The van der Waals surface area contributed by atoms with E-state index in [2.05, 4.69) is 4.99 Å². The summed E-state index contributed by atoms with van der Waals surface area (Å²) in [5, 5.41) is 0. The number of alkyl halides is 3. The molecule has 0 bridgehead atoms. The van der Waals surface area contributed by atoms with Gasteiger partial charge in [-0.05, 0) is 43.7 Å². The van der Waals surface area contributed by atoms with Crippen LogP contribution < -0.4 is 9.64 Å². The van der Waals surface area contributed by atoms with Gasteiger partial charge in [0.25, 0.3) is 0 Å². The summed E-state index contributed by atoms with van der Waals surface area (Å²) in [6.45, 7) is 2.01. The molecule has 0 aromatic heterocycles. The van der Waals surface area contributed by atoms with Gasteiger partial charge >= 0.3 is 6.18 Å². The largest absolute Gasteiger partial charge is 0.453 e. The van der Waals surface area contributed by atoms with Crippen LogP contribution in [0.1, 0.15) is 25.3 Å². The zero-order valence-corrected chi connectivity index (χ0v) is 14.2. The van der Waals surface area contributed by atoms with Crippen LogP contribution in [0.3, 0.4) is 0 Å². The minimum absolute atomic E-state index is 0. The van der Waals surface area contributed by atoms with E-state index in [1.807, 2.05) is 31.2 Å². The van der Waals surface area contributed by atoms with Gasteiger partial charge in [-0.1, -0.05) is 12.1 Å². The van der Waals surface area contributed by atoms with Crippen molar-refractivity contribution in [1.29, 1.82) is 0 Å². The van der Waals surface area contributed by atoms with Gasteiger partial charge in [-0.15, -0.1) is 12.4 Å². The Morgan fingerprint density at radius 2 is 1.80 bits per heavy atom. The Hall–Kier alpha value is -2.21. The van der Waals surface area contributed by atoms with E-state index in [0.717, 1.165) is 36.5 Å². The lowest BCUT2D eigenvalue weighted by atomic mass is 10.1. The number of aliphatic imine (C=N–C) groups is 1. The van der Waals surface area contributed by atoms with Crippen molar-refractivity contribution >= 4 is 29.6 Å². The first-order valence-electron chi connectivity index (χ1n) is 7.78. The zero-order chi connectivity index (χ0) is 16.9. The first kappa shape index (κ1) is 17.6. The van der Waals surface area contributed by atoms with Gasteiger partial charge in [-0.2, -0.15) is 13.2 Å². The maximum atomic E-state index is 13.1. The van der Waals surface area contributed by atoms with Crippen molar-refractivity contribution in [3.63, 3.8) is 0 Å². The third-order valence-electron chi connectivity index (χ3n) is 4.27. The summed E-state index contributed by atoms with van der Waals surface area (Å²) in [5.74, 6) is 1.80. The highest BCUT2D eigenvalue weighted by atomic mass is 35.5. The lowest BCUT2D eigenvalue weighted by Gasteiger charge is -2.33. The highest BCUT2D eigenvalue weighted by molar-refractivity contribution is 6.08. The number of amidine groups is 1. The molecule has 0 saturated carbocycles. The highest BCUT2D eigenvalue weighted by Crippen LogP contribution is 2.49. The number of para-hydroxylation sites is 2. The summed E-state index contributed by atoms with van der Waals surface area (Å²) in [7, 11) is 0. The second kappa shape index (κ2) is 6.26. The molecule has 2 aromatic carbocycles. The Labute approximate surface area is 149 Å². The van der Waals surface area contributed by atoms with Gasteiger partial charge in [0.2, 0.25) is 0 Å². The van der Waals surface area contributed by atoms with Crippen molar-refractivity contribution in [3.05, 3.63) is 48.0 Å². The summed E-state index contributed by atoms with van der Waals surface area (Å²) >= 11 is 0. The fourth-order valence-corrected chi connectivity index (χ4v) is 3.10. The van der Waals surface area contributed by atoms with Crippen LogP contribution in [0.4, 0.5) is 24.5 Å². The number of hydrogen-bond acceptors (Lipinski definition) is 3. The van der Waals surface area contributed by atoms with Crippen molar-refractivity contribution in [3.8, 4) is 11.5 Å². The van der Waals surface area contributed by atoms with E-state index in [0.29, 0.717) is 17.2 Å². The molecule has 2 aliphatic heterocycles. The smallest absolute Gasteiger partial charge is 0.416 e. The van der Waals surface area contributed by atoms with Crippen LogP contribution in [0.15, 0.2) is 47.5 Å². The van der Waals surface area contributed by atoms with Crippen LogP contribution >= 0.6 is 12.4 Å². The zero-order valence-electron chi connectivity index (χ0n) is 13.4. The Morgan fingerprint density at radius 1 is 1.08 bits per heavy atom. The van der Waals surface area contributed by atoms with Crippen LogP contribution in [-0.4, -0.2) is 11.9 Å². The molecule has 25 heavy (non-hydrogen) atoms. The van der Waals surface area contributed by atoms with E-state index in [1.54, 1.807) is 4.90 Å². The molecule has 0 fully saturated rings. The molecule has 4 rings (SSSR count). The number of rotatable bonds is 0. The monoisotopic (exact) mass is 368 g/mol. The third-order valence-corrected chi connectivity index (χ3v) is 4.27. The molecular weight excluding hydrogens is 353 g/mol. The van der Waals surface area contributed by atoms with Gasteiger partial charge in [0.1, 0.15) is 5.84 Å². The van der Waals surface area contributed by atoms with Crippen molar-refractivity contribution in [2.24, 2.45) is 4.99 Å².